The van der Waals surface area contributed by atoms with Crippen molar-refractivity contribution >= 4 is 36.5 Å². The zero-order valence-corrected chi connectivity index (χ0v) is 24.5. The summed E-state index contributed by atoms with van der Waals surface area (Å²) >= 11 is 0. The van der Waals surface area contributed by atoms with Gasteiger partial charge in [0.2, 0.25) is 13.4 Å². The third-order valence-corrected chi connectivity index (χ3v) is 8.32. The molecule has 16 nitrogen and oxygen atoms in total. The van der Waals surface area contributed by atoms with Gasteiger partial charge in [-0.15, -0.1) is 5.10 Å². The summed E-state index contributed by atoms with van der Waals surface area (Å²) < 4.78 is 31.5. The first-order valence-corrected chi connectivity index (χ1v) is 15.4. The van der Waals surface area contributed by atoms with Crippen molar-refractivity contribution in [2.75, 3.05) is 18.9 Å². The fourth-order valence-electron chi connectivity index (χ4n) is 3.96. The van der Waals surface area contributed by atoms with Crippen LogP contribution in [0, 0.1) is 0 Å². The zero-order chi connectivity index (χ0) is 30.2. The molecule has 41 heavy (non-hydrogen) atoms. The molecule has 2 aromatic rings. The number of aromatic amines is 1. The van der Waals surface area contributed by atoms with Gasteiger partial charge in [0.1, 0.15) is 18.2 Å². The number of carbonyl (C=O) groups is 2. The van der Waals surface area contributed by atoms with E-state index in [1.165, 1.54) is 25.7 Å². The van der Waals surface area contributed by atoms with Crippen molar-refractivity contribution in [3.05, 3.63) is 22.2 Å². The van der Waals surface area contributed by atoms with Crippen LogP contribution in [0.1, 0.15) is 66.0 Å². The maximum Gasteiger partial charge on any atom is 0.323 e. The molecule has 0 spiro atoms. The van der Waals surface area contributed by atoms with E-state index in [0.717, 1.165) is 17.5 Å². The Labute approximate surface area is 236 Å². The van der Waals surface area contributed by atoms with Gasteiger partial charge in [-0.3, -0.25) is 23.9 Å². The number of carbonyl (C=O) groups excluding carboxylic acids is 2. The lowest BCUT2D eigenvalue weighted by molar-refractivity contribution is -0.145. The Kier molecular flexibility index (Phi) is 11.5. The number of esters is 2. The largest absolute Gasteiger partial charge is 0.465 e. The van der Waals surface area contributed by atoms with E-state index in [9.17, 15) is 24.1 Å². The SMILES string of the molecule is CCCCOC(=O)[C@H](C)NP(=O)(/C=C/[C@@H]1C[C@@H](O)[C@H](n2nnc3c(=O)[nH]c(N)nc32)O1)N[C@@H](C)C(=O)OCCCC. The summed E-state index contributed by atoms with van der Waals surface area (Å²) in [6.45, 7) is 7.39. The van der Waals surface area contributed by atoms with E-state index in [1.807, 2.05) is 13.8 Å². The van der Waals surface area contributed by atoms with E-state index in [1.54, 1.807) is 0 Å². The highest BCUT2D eigenvalue weighted by Gasteiger charge is 2.37. The molecule has 1 fully saturated rings. The van der Waals surface area contributed by atoms with E-state index in [2.05, 4.69) is 30.5 Å². The first kappa shape index (κ1) is 32.3. The molecule has 17 heteroatoms. The number of aliphatic hydroxyl groups is 1. The summed E-state index contributed by atoms with van der Waals surface area (Å²) in [5.41, 5.74) is 5.00. The average molecular weight is 599 g/mol. The number of ether oxygens (including phenoxy) is 3. The van der Waals surface area contributed by atoms with Gasteiger partial charge in [-0.05, 0) is 32.8 Å². The molecule has 0 saturated carbocycles. The number of nitrogens with two attached hydrogens (primary N) is 1. The molecule has 6 N–H and O–H groups in total. The fraction of sp³-hybridized carbons (Fsp3) is 0.667. The zero-order valence-electron chi connectivity index (χ0n) is 23.6. The quantitative estimate of drug-likeness (QED) is 0.110. The number of hydrogen-bond donors (Lipinski definition) is 5. The Morgan fingerprint density at radius 1 is 1.20 bits per heavy atom. The summed E-state index contributed by atoms with van der Waals surface area (Å²) in [6.07, 6.45) is 1.67. The highest BCUT2D eigenvalue weighted by molar-refractivity contribution is 7.63. The fourth-order valence-corrected chi connectivity index (χ4v) is 6.00. The lowest BCUT2D eigenvalue weighted by atomic mass is 10.2. The summed E-state index contributed by atoms with van der Waals surface area (Å²) in [7, 11) is -3.77. The van der Waals surface area contributed by atoms with Crippen molar-refractivity contribution in [1.82, 2.24) is 35.1 Å². The van der Waals surface area contributed by atoms with Crippen LogP contribution in [-0.4, -0.2) is 79.5 Å². The number of anilines is 1. The van der Waals surface area contributed by atoms with Crippen LogP contribution in [0.4, 0.5) is 5.95 Å². The van der Waals surface area contributed by atoms with Crippen LogP contribution in [0.25, 0.3) is 11.2 Å². The van der Waals surface area contributed by atoms with Gasteiger partial charge in [0.05, 0.1) is 19.3 Å². The first-order chi connectivity index (χ1) is 19.5. The van der Waals surface area contributed by atoms with E-state index in [-0.39, 0.29) is 36.7 Å². The summed E-state index contributed by atoms with van der Waals surface area (Å²) in [4.78, 5) is 43.4. The molecule has 0 aliphatic carbocycles. The van der Waals surface area contributed by atoms with Gasteiger partial charge >= 0.3 is 11.9 Å². The van der Waals surface area contributed by atoms with Crippen LogP contribution in [0.2, 0.25) is 0 Å². The third-order valence-electron chi connectivity index (χ3n) is 6.18. The van der Waals surface area contributed by atoms with Crippen molar-refractivity contribution in [2.45, 2.75) is 90.3 Å². The minimum atomic E-state index is -3.77. The molecule has 0 bridgehead atoms. The Balaban J connectivity index is 1.77. The monoisotopic (exact) mass is 598 g/mol. The van der Waals surface area contributed by atoms with Gasteiger partial charge in [-0.1, -0.05) is 31.9 Å². The van der Waals surface area contributed by atoms with E-state index >= 15 is 0 Å². The molecule has 228 valence electrons. The lowest BCUT2D eigenvalue weighted by Gasteiger charge is -2.24. The molecule has 0 unspecified atom stereocenters. The number of H-pyrrole nitrogens is 1. The number of nitrogen functional groups attached to an aromatic ring is 1. The van der Waals surface area contributed by atoms with Crippen molar-refractivity contribution in [3.8, 4) is 0 Å². The normalized spacial score (nSPS) is 20.9. The maximum absolute atomic E-state index is 14.0. The van der Waals surface area contributed by atoms with Gasteiger partial charge < -0.3 is 25.1 Å². The molecule has 5 atom stereocenters. The van der Waals surface area contributed by atoms with E-state index < -0.39 is 55.5 Å². The van der Waals surface area contributed by atoms with E-state index in [4.69, 9.17) is 19.9 Å². The van der Waals surface area contributed by atoms with Crippen molar-refractivity contribution in [2.24, 2.45) is 0 Å². The van der Waals surface area contributed by atoms with Gasteiger partial charge in [0, 0.05) is 12.2 Å². The Morgan fingerprint density at radius 3 is 2.34 bits per heavy atom. The first-order valence-electron chi connectivity index (χ1n) is 13.6. The summed E-state index contributed by atoms with van der Waals surface area (Å²) in [5, 5.41) is 23.9. The van der Waals surface area contributed by atoms with Gasteiger partial charge in [-0.25, -0.2) is 10.2 Å². The van der Waals surface area contributed by atoms with Crippen molar-refractivity contribution in [1.29, 1.82) is 0 Å². The van der Waals surface area contributed by atoms with Crippen LogP contribution in [0.3, 0.4) is 0 Å². The summed E-state index contributed by atoms with van der Waals surface area (Å²) in [5.74, 6) is -0.0737. The summed E-state index contributed by atoms with van der Waals surface area (Å²) in [6, 6.07) is -1.95. The van der Waals surface area contributed by atoms with Crippen LogP contribution in [0.15, 0.2) is 16.7 Å². The van der Waals surface area contributed by atoms with Crippen LogP contribution in [0.5, 0.6) is 0 Å². The van der Waals surface area contributed by atoms with Gasteiger partial charge in [0.25, 0.3) is 5.56 Å². The Bertz CT molecular complexity index is 1300. The maximum atomic E-state index is 14.0. The van der Waals surface area contributed by atoms with Crippen LogP contribution >= 0.6 is 7.44 Å². The number of hydrogen-bond acceptors (Lipinski definition) is 12. The number of fused-ring (bicyclic) bond motifs is 1. The molecule has 0 aromatic carbocycles. The number of unbranched alkanes of at least 4 members (excludes halogenated alkanes) is 2. The standard InChI is InChI=1S/C24H39N8O8P/c1-5-7-10-38-22(35)14(3)29-41(37,30-15(4)23(36)39-11-8-6-2)12-9-16-13-17(33)21(40-16)32-19-18(28-31-32)20(34)27-24(25)26-19/h9,12,14-17,21,33H,5-8,10-11,13H2,1-4H3,(H2,29,30,37)(H3,25,26,27,34)/b12-9+/t14-,15-,16+,17+,21+/m0/s1. The third kappa shape index (κ3) is 8.66. The molecule has 1 aliphatic rings. The minimum Gasteiger partial charge on any atom is -0.465 e. The average Bonchev–Trinajstić information content (AvgIpc) is 3.50. The second-order valence-electron chi connectivity index (χ2n) is 9.77. The molecule has 3 rings (SSSR count). The number of aliphatic hydroxyl groups excluding tert-OH is 1. The molecule has 0 radical (unpaired) electrons. The van der Waals surface area contributed by atoms with Crippen LogP contribution < -0.4 is 21.5 Å². The molecule has 1 saturated heterocycles. The van der Waals surface area contributed by atoms with Crippen molar-refractivity contribution in [3.63, 3.8) is 0 Å². The number of aromatic nitrogens is 5. The Hall–Kier alpha value is -3.17. The second kappa shape index (κ2) is 14.6. The minimum absolute atomic E-state index is 0.0276. The smallest absolute Gasteiger partial charge is 0.323 e. The molecular formula is C24H39N8O8P. The topological polar surface area (TPSA) is 226 Å². The highest BCUT2D eigenvalue weighted by atomic mass is 31.2. The molecule has 0 amide bonds. The number of nitrogens with one attached hydrogen (secondary N) is 3. The predicted octanol–water partition coefficient (Wildman–Crippen LogP) is 1.09. The van der Waals surface area contributed by atoms with Gasteiger partial charge in [0.15, 0.2) is 17.4 Å². The molecule has 1 aliphatic heterocycles. The second-order valence-corrected chi connectivity index (χ2v) is 11.9. The predicted molar refractivity (Wildman–Crippen MR) is 149 cm³/mol. The van der Waals surface area contributed by atoms with Crippen LogP contribution in [-0.2, 0) is 28.4 Å². The Morgan fingerprint density at radius 2 is 1.78 bits per heavy atom. The highest BCUT2D eigenvalue weighted by Crippen LogP contribution is 2.41. The molecular weight excluding hydrogens is 559 g/mol. The molecule has 3 heterocycles. The van der Waals surface area contributed by atoms with Crippen molar-refractivity contribution < 1.29 is 33.5 Å². The number of nitrogens with zero attached hydrogens (tertiary/aromatic N) is 4. The van der Waals surface area contributed by atoms with Gasteiger partial charge in [-0.2, -0.15) is 9.67 Å². The number of rotatable bonds is 15. The molecule has 2 aromatic heterocycles. The van der Waals surface area contributed by atoms with E-state index in [0.29, 0.717) is 12.8 Å². The lowest BCUT2D eigenvalue weighted by Crippen LogP contribution is -2.41.